The van der Waals surface area contributed by atoms with Gasteiger partial charge in [0.1, 0.15) is 19.3 Å². The average Bonchev–Trinajstić information content (AvgIpc) is 3.24. The lowest BCUT2D eigenvalue weighted by Gasteiger charge is -2.24. The molecule has 0 radical (unpaired) electrons. The Hall–Kier alpha value is -0.760. The number of allylic oxidation sites excluding steroid dienone is 2. The Morgan fingerprint density at radius 1 is 0.476 bits per heavy atom. The molecular weight excluding hydrogens is 806 g/mol. The summed E-state index contributed by atoms with van der Waals surface area (Å²) in [6.07, 6.45) is 55.5. The molecule has 0 aliphatic heterocycles. The van der Waals surface area contributed by atoms with Gasteiger partial charge in [0.2, 0.25) is 0 Å². The first-order chi connectivity index (χ1) is 30.6. The minimum Gasteiger partial charge on any atom is -0.457 e. The standard InChI is InChI=1S/C54H108NO7P/c1-6-8-10-12-14-16-18-20-22-24-25-26-27-28-29-30-32-34-36-38-40-42-44-46-49-59-51-53(52-61-63(57,58)60-50-48-55(3,4)5)62-54(56)47-45-43-41-39-37-35-33-31-23-21-19-17-15-13-11-9-7-2/h21,23,53H,6-20,22,24-52H2,1-5H3/p+1/b23-21-. The van der Waals surface area contributed by atoms with Gasteiger partial charge in [0.15, 0.2) is 0 Å². The van der Waals surface area contributed by atoms with E-state index in [-0.39, 0.29) is 25.8 Å². The number of carbonyl (C=O) groups excluding carboxylic acids is 1. The molecule has 1 N–H and O–H groups in total. The number of hydrogen-bond donors (Lipinski definition) is 1. The summed E-state index contributed by atoms with van der Waals surface area (Å²) in [4.78, 5) is 23.0. The van der Waals surface area contributed by atoms with Gasteiger partial charge in [-0.25, -0.2) is 4.57 Å². The van der Waals surface area contributed by atoms with Gasteiger partial charge in [-0.2, -0.15) is 0 Å². The Morgan fingerprint density at radius 3 is 1.21 bits per heavy atom. The molecule has 9 heteroatoms. The van der Waals surface area contributed by atoms with E-state index in [0.717, 1.165) is 32.1 Å². The normalized spacial score (nSPS) is 13.6. The van der Waals surface area contributed by atoms with Crippen LogP contribution in [0.25, 0.3) is 0 Å². The average molecular weight is 915 g/mol. The van der Waals surface area contributed by atoms with Crippen molar-refractivity contribution in [3.8, 4) is 0 Å². The maximum absolute atomic E-state index is 12.8. The lowest BCUT2D eigenvalue weighted by atomic mass is 10.0. The van der Waals surface area contributed by atoms with Gasteiger partial charge in [-0.15, -0.1) is 0 Å². The first-order valence-corrected chi connectivity index (χ1v) is 28.9. The van der Waals surface area contributed by atoms with Crippen LogP contribution >= 0.6 is 7.82 Å². The van der Waals surface area contributed by atoms with Gasteiger partial charge in [-0.3, -0.25) is 13.8 Å². The Bertz CT molecular complexity index is 1020. The number of ether oxygens (including phenoxy) is 2. The number of phosphoric acid groups is 1. The number of hydrogen-bond acceptors (Lipinski definition) is 6. The highest BCUT2D eigenvalue weighted by atomic mass is 31.2. The lowest BCUT2D eigenvalue weighted by Crippen LogP contribution is -2.37. The van der Waals surface area contributed by atoms with Crippen molar-refractivity contribution in [3.05, 3.63) is 12.2 Å². The van der Waals surface area contributed by atoms with Gasteiger partial charge >= 0.3 is 13.8 Å². The largest absolute Gasteiger partial charge is 0.472 e. The second kappa shape index (κ2) is 47.7. The lowest BCUT2D eigenvalue weighted by molar-refractivity contribution is -0.870. The molecule has 0 aliphatic rings. The summed E-state index contributed by atoms with van der Waals surface area (Å²) >= 11 is 0. The molecule has 2 atom stereocenters. The molecule has 0 aromatic rings. The van der Waals surface area contributed by atoms with Crippen LogP contribution in [-0.4, -0.2) is 75.6 Å². The molecule has 8 nitrogen and oxygen atoms in total. The maximum atomic E-state index is 12.8. The number of carbonyl (C=O) groups is 1. The second-order valence-electron chi connectivity index (χ2n) is 20.0. The fourth-order valence-electron chi connectivity index (χ4n) is 8.08. The zero-order valence-corrected chi connectivity index (χ0v) is 43.7. The van der Waals surface area contributed by atoms with Crippen molar-refractivity contribution in [1.82, 2.24) is 0 Å². The molecule has 376 valence electrons. The van der Waals surface area contributed by atoms with Crippen molar-refractivity contribution in [2.75, 3.05) is 54.1 Å². The van der Waals surface area contributed by atoms with Crippen LogP contribution < -0.4 is 0 Å². The number of quaternary nitrogens is 1. The van der Waals surface area contributed by atoms with E-state index >= 15 is 0 Å². The molecule has 0 fully saturated rings. The van der Waals surface area contributed by atoms with Crippen molar-refractivity contribution < 1.29 is 37.3 Å². The van der Waals surface area contributed by atoms with E-state index in [0.29, 0.717) is 24.1 Å². The third-order valence-electron chi connectivity index (χ3n) is 12.3. The van der Waals surface area contributed by atoms with Crippen LogP contribution in [0.4, 0.5) is 0 Å². The van der Waals surface area contributed by atoms with Crippen LogP contribution in [0.3, 0.4) is 0 Å². The van der Waals surface area contributed by atoms with Gasteiger partial charge in [-0.1, -0.05) is 238 Å². The Morgan fingerprint density at radius 2 is 0.825 bits per heavy atom. The molecular formula is C54H109NO7P+. The monoisotopic (exact) mass is 915 g/mol. The van der Waals surface area contributed by atoms with Crippen LogP contribution in [-0.2, 0) is 27.9 Å². The van der Waals surface area contributed by atoms with Crippen molar-refractivity contribution in [1.29, 1.82) is 0 Å². The van der Waals surface area contributed by atoms with Gasteiger partial charge in [0.05, 0.1) is 34.4 Å². The van der Waals surface area contributed by atoms with Gasteiger partial charge in [-0.05, 0) is 38.5 Å². The number of likely N-dealkylation sites (N-methyl/N-ethyl adjacent to an activating group) is 1. The number of nitrogens with zero attached hydrogens (tertiary/aromatic N) is 1. The highest BCUT2D eigenvalue weighted by Gasteiger charge is 2.26. The minimum atomic E-state index is -4.28. The van der Waals surface area contributed by atoms with Crippen molar-refractivity contribution in [2.45, 2.75) is 277 Å². The minimum absolute atomic E-state index is 0.0914. The van der Waals surface area contributed by atoms with E-state index in [9.17, 15) is 14.3 Å². The number of esters is 1. The highest BCUT2D eigenvalue weighted by Crippen LogP contribution is 2.43. The Labute approximate surface area is 392 Å². The molecule has 0 amide bonds. The number of phosphoric ester groups is 1. The Balaban J connectivity index is 4.04. The second-order valence-corrected chi connectivity index (χ2v) is 21.4. The zero-order chi connectivity index (χ0) is 46.2. The van der Waals surface area contributed by atoms with E-state index in [1.807, 2.05) is 21.1 Å². The molecule has 0 saturated carbocycles. The quantitative estimate of drug-likeness (QED) is 0.0214. The summed E-state index contributed by atoms with van der Waals surface area (Å²) in [6.45, 7) is 5.68. The molecule has 0 heterocycles. The summed E-state index contributed by atoms with van der Waals surface area (Å²) in [5, 5.41) is 0. The highest BCUT2D eigenvalue weighted by molar-refractivity contribution is 7.47. The summed E-state index contributed by atoms with van der Waals surface area (Å²) in [6, 6.07) is 0. The third-order valence-corrected chi connectivity index (χ3v) is 13.3. The van der Waals surface area contributed by atoms with Crippen molar-refractivity contribution >= 4 is 13.8 Å². The fourth-order valence-corrected chi connectivity index (χ4v) is 8.82. The molecule has 0 rings (SSSR count). The number of unbranched alkanes of at least 4 members (excludes halogenated alkanes) is 36. The first-order valence-electron chi connectivity index (χ1n) is 27.4. The zero-order valence-electron chi connectivity index (χ0n) is 42.8. The predicted octanol–water partition coefficient (Wildman–Crippen LogP) is 17.0. The topological polar surface area (TPSA) is 91.3 Å². The first kappa shape index (κ1) is 62.2. The molecule has 63 heavy (non-hydrogen) atoms. The number of rotatable bonds is 52. The van der Waals surface area contributed by atoms with E-state index in [2.05, 4.69) is 26.0 Å². The van der Waals surface area contributed by atoms with Crippen LogP contribution in [0.15, 0.2) is 12.2 Å². The smallest absolute Gasteiger partial charge is 0.457 e. The van der Waals surface area contributed by atoms with Crippen LogP contribution in [0, 0.1) is 0 Å². The summed E-state index contributed by atoms with van der Waals surface area (Å²) < 4.78 is 35.2. The summed E-state index contributed by atoms with van der Waals surface area (Å²) in [7, 11) is 1.68. The predicted molar refractivity (Wildman–Crippen MR) is 270 cm³/mol. The third kappa shape index (κ3) is 52.1. The van der Waals surface area contributed by atoms with Crippen molar-refractivity contribution in [2.24, 2.45) is 0 Å². The SMILES string of the molecule is CCCCCCCC/C=C\CCCCCCCCCC(=O)OC(COCCCCCCCCCCCCCCCCCCCCCCCCCC)COP(=O)(O)OCC[N+](C)(C)C. The van der Waals surface area contributed by atoms with Crippen LogP contribution in [0.1, 0.15) is 271 Å². The summed E-state index contributed by atoms with van der Waals surface area (Å²) in [5.74, 6) is -0.312. The Kier molecular flexibility index (Phi) is 47.1. The molecule has 0 aromatic carbocycles. The van der Waals surface area contributed by atoms with Gasteiger partial charge in [0.25, 0.3) is 0 Å². The van der Waals surface area contributed by atoms with Gasteiger partial charge in [0, 0.05) is 13.0 Å². The van der Waals surface area contributed by atoms with Crippen LogP contribution in [0.5, 0.6) is 0 Å². The molecule has 0 spiro atoms. The molecule has 0 saturated heterocycles. The van der Waals surface area contributed by atoms with E-state index < -0.39 is 13.9 Å². The fraction of sp³-hybridized carbons (Fsp3) is 0.944. The van der Waals surface area contributed by atoms with E-state index in [4.69, 9.17) is 18.5 Å². The summed E-state index contributed by atoms with van der Waals surface area (Å²) in [5.41, 5.74) is 0. The van der Waals surface area contributed by atoms with E-state index in [1.54, 1.807) is 0 Å². The molecule has 0 aromatic heterocycles. The van der Waals surface area contributed by atoms with Gasteiger partial charge < -0.3 is 18.9 Å². The molecule has 0 bridgehead atoms. The molecule has 2 unspecified atom stereocenters. The van der Waals surface area contributed by atoms with Crippen molar-refractivity contribution in [3.63, 3.8) is 0 Å². The van der Waals surface area contributed by atoms with Crippen LogP contribution in [0.2, 0.25) is 0 Å². The molecule has 0 aliphatic carbocycles. The maximum Gasteiger partial charge on any atom is 0.472 e. The van der Waals surface area contributed by atoms with E-state index in [1.165, 1.54) is 218 Å².